The zero-order valence-corrected chi connectivity index (χ0v) is 10.9. The number of halogens is 4. The second-order valence-corrected chi connectivity index (χ2v) is 4.61. The molecule has 0 atom stereocenters. The van der Waals surface area contributed by atoms with Crippen LogP contribution in [0.1, 0.15) is 21.5 Å². The van der Waals surface area contributed by atoms with E-state index >= 15 is 0 Å². The summed E-state index contributed by atoms with van der Waals surface area (Å²) in [5, 5.41) is 0. The minimum atomic E-state index is -4.65. The lowest BCUT2D eigenvalue weighted by atomic mass is 10.0. The summed E-state index contributed by atoms with van der Waals surface area (Å²) < 4.78 is 50.2. The van der Waals surface area contributed by atoms with Crippen molar-refractivity contribution in [3.05, 3.63) is 71.3 Å². The Morgan fingerprint density at radius 2 is 1.43 bits per heavy atom. The molecule has 2 rings (SSSR count). The maximum atomic E-state index is 13.0. The number of carbonyl (C=O) groups is 1. The van der Waals surface area contributed by atoms with Gasteiger partial charge in [-0.25, -0.2) is 8.78 Å². The molecule has 1 nitrogen and oxygen atoms in total. The molecular weight excluding hydrogens is 284 g/mol. The van der Waals surface area contributed by atoms with Gasteiger partial charge in [0.1, 0.15) is 0 Å². The van der Waals surface area contributed by atoms with Crippen molar-refractivity contribution in [2.75, 3.05) is 0 Å². The van der Waals surface area contributed by atoms with Gasteiger partial charge in [-0.2, -0.15) is 8.78 Å². The van der Waals surface area contributed by atoms with Gasteiger partial charge in [0.25, 0.3) is 0 Å². The van der Waals surface area contributed by atoms with Crippen molar-refractivity contribution in [1.29, 1.82) is 0 Å². The summed E-state index contributed by atoms with van der Waals surface area (Å²) >= 11 is 0. The first-order valence-electron chi connectivity index (χ1n) is 6.25. The molecule has 0 aliphatic carbocycles. The van der Waals surface area contributed by atoms with Crippen LogP contribution in [0.4, 0.5) is 17.6 Å². The average Bonchev–Trinajstić information content (AvgIpc) is 2.48. The number of rotatable bonds is 5. The van der Waals surface area contributed by atoms with Crippen molar-refractivity contribution in [1.82, 2.24) is 0 Å². The predicted octanol–water partition coefficient (Wildman–Crippen LogP) is 4.36. The third kappa shape index (κ3) is 3.48. The molecule has 0 aliphatic heterocycles. The average molecular weight is 296 g/mol. The smallest absolute Gasteiger partial charge is 0.287 e. The first-order valence-corrected chi connectivity index (χ1v) is 6.25. The van der Waals surface area contributed by atoms with E-state index in [0.717, 1.165) is 23.3 Å². The van der Waals surface area contributed by atoms with Gasteiger partial charge in [-0.15, -0.1) is 0 Å². The van der Waals surface area contributed by atoms with Crippen LogP contribution in [0.3, 0.4) is 0 Å². The normalized spacial score (nSPS) is 11.7. The van der Waals surface area contributed by atoms with Gasteiger partial charge in [0.2, 0.25) is 5.78 Å². The Hall–Kier alpha value is -2.17. The summed E-state index contributed by atoms with van der Waals surface area (Å²) in [6.07, 6.45) is -3.44. The Bertz CT molecular complexity index is 606. The largest absolute Gasteiger partial charge is 0.368 e. The Kier molecular flexibility index (Phi) is 4.40. The van der Waals surface area contributed by atoms with E-state index in [1.54, 1.807) is 0 Å². The third-order valence-corrected chi connectivity index (χ3v) is 3.04. The monoisotopic (exact) mass is 296 g/mol. The molecule has 2 aromatic carbocycles. The predicted molar refractivity (Wildman–Crippen MR) is 71.0 cm³/mol. The molecule has 0 heterocycles. The first kappa shape index (κ1) is 15.2. The molecular formula is C16H12F4O. The molecule has 0 N–H and O–H groups in total. The van der Waals surface area contributed by atoms with E-state index in [0.29, 0.717) is 6.42 Å². The van der Waals surface area contributed by atoms with Crippen LogP contribution in [-0.4, -0.2) is 18.1 Å². The Balaban J connectivity index is 2.14. The van der Waals surface area contributed by atoms with Crippen molar-refractivity contribution >= 4 is 5.78 Å². The minimum Gasteiger partial charge on any atom is -0.287 e. The number of ketones is 1. The topological polar surface area (TPSA) is 17.1 Å². The quantitative estimate of drug-likeness (QED) is 0.592. The molecule has 0 fully saturated rings. The summed E-state index contributed by atoms with van der Waals surface area (Å²) in [5.74, 6) is -6.51. The lowest BCUT2D eigenvalue weighted by Gasteiger charge is -2.13. The molecule has 0 spiro atoms. The molecule has 0 saturated heterocycles. The third-order valence-electron chi connectivity index (χ3n) is 3.04. The lowest BCUT2D eigenvalue weighted by Crippen LogP contribution is -2.36. The van der Waals surface area contributed by atoms with E-state index in [1.807, 2.05) is 30.3 Å². The van der Waals surface area contributed by atoms with Gasteiger partial charge in [0.05, 0.1) is 0 Å². The van der Waals surface area contributed by atoms with Gasteiger partial charge in [-0.1, -0.05) is 54.6 Å². The fraction of sp³-hybridized carbons (Fsp3) is 0.188. The number of alkyl halides is 4. The molecule has 0 radical (unpaired) electrons. The minimum absolute atomic E-state index is 0.419. The van der Waals surface area contributed by atoms with Crippen LogP contribution in [0.25, 0.3) is 0 Å². The number of carbonyl (C=O) groups excluding carboxylic acids is 1. The van der Waals surface area contributed by atoms with Gasteiger partial charge in [-0.3, -0.25) is 4.79 Å². The standard InChI is InChI=1S/C16H12F4O/c17-15(18)16(19,20)14(21)13-8-6-12(7-9-13)10-11-4-2-1-3-5-11/h1-9,15H,10H2. The van der Waals surface area contributed by atoms with Gasteiger partial charge in [-0.05, 0) is 17.5 Å². The van der Waals surface area contributed by atoms with E-state index in [1.165, 1.54) is 12.1 Å². The van der Waals surface area contributed by atoms with E-state index in [2.05, 4.69) is 0 Å². The summed E-state index contributed by atoms with van der Waals surface area (Å²) in [4.78, 5) is 11.3. The van der Waals surface area contributed by atoms with Gasteiger partial charge in [0.15, 0.2) is 0 Å². The van der Waals surface area contributed by atoms with Crippen molar-refractivity contribution in [2.24, 2.45) is 0 Å². The van der Waals surface area contributed by atoms with Crippen molar-refractivity contribution < 1.29 is 22.4 Å². The highest BCUT2D eigenvalue weighted by molar-refractivity contribution is 6.01. The summed E-state index contributed by atoms with van der Waals surface area (Å²) in [6.45, 7) is 0. The van der Waals surface area contributed by atoms with Gasteiger partial charge in [0, 0.05) is 5.56 Å². The van der Waals surface area contributed by atoms with Crippen LogP contribution in [0.2, 0.25) is 0 Å². The van der Waals surface area contributed by atoms with Crippen LogP contribution in [0.5, 0.6) is 0 Å². The molecule has 0 saturated carbocycles. The Labute approximate surface area is 119 Å². The molecule has 5 heteroatoms. The molecule has 0 aliphatic rings. The van der Waals surface area contributed by atoms with Crippen LogP contribution in [0.15, 0.2) is 54.6 Å². The number of hydrogen-bond donors (Lipinski definition) is 0. The molecule has 0 amide bonds. The van der Waals surface area contributed by atoms with Crippen molar-refractivity contribution in [3.63, 3.8) is 0 Å². The highest BCUT2D eigenvalue weighted by Crippen LogP contribution is 2.27. The maximum absolute atomic E-state index is 13.0. The van der Waals surface area contributed by atoms with Crippen LogP contribution >= 0.6 is 0 Å². The zero-order valence-electron chi connectivity index (χ0n) is 10.9. The van der Waals surface area contributed by atoms with Crippen LogP contribution < -0.4 is 0 Å². The fourth-order valence-electron chi connectivity index (χ4n) is 1.90. The van der Waals surface area contributed by atoms with Crippen molar-refractivity contribution in [3.8, 4) is 0 Å². The maximum Gasteiger partial charge on any atom is 0.368 e. The van der Waals surface area contributed by atoms with Crippen LogP contribution in [-0.2, 0) is 6.42 Å². The number of Topliss-reactive ketones (excluding diaryl/α,β-unsaturated/α-hetero) is 1. The summed E-state index contributed by atoms with van der Waals surface area (Å²) in [7, 11) is 0. The Morgan fingerprint density at radius 3 is 1.95 bits per heavy atom. The first-order chi connectivity index (χ1) is 9.91. The van der Waals surface area contributed by atoms with E-state index in [9.17, 15) is 22.4 Å². The van der Waals surface area contributed by atoms with E-state index < -0.39 is 23.7 Å². The van der Waals surface area contributed by atoms with Crippen LogP contribution in [0, 0.1) is 0 Å². The van der Waals surface area contributed by atoms with Crippen molar-refractivity contribution in [2.45, 2.75) is 18.8 Å². The lowest BCUT2D eigenvalue weighted by molar-refractivity contribution is -0.0958. The Morgan fingerprint density at radius 1 is 0.905 bits per heavy atom. The molecule has 21 heavy (non-hydrogen) atoms. The second kappa shape index (κ2) is 6.08. The molecule has 0 unspecified atom stereocenters. The zero-order chi connectivity index (χ0) is 15.5. The second-order valence-electron chi connectivity index (χ2n) is 4.61. The highest BCUT2D eigenvalue weighted by atomic mass is 19.3. The summed E-state index contributed by atoms with van der Waals surface area (Å²) in [5.41, 5.74) is 1.41. The SMILES string of the molecule is O=C(c1ccc(Cc2ccccc2)cc1)C(F)(F)C(F)F. The molecule has 0 aromatic heterocycles. The fourth-order valence-corrected chi connectivity index (χ4v) is 1.90. The molecule has 2 aromatic rings. The molecule has 0 bridgehead atoms. The van der Waals surface area contributed by atoms with E-state index in [-0.39, 0.29) is 0 Å². The van der Waals surface area contributed by atoms with E-state index in [4.69, 9.17) is 0 Å². The molecule has 110 valence electrons. The summed E-state index contributed by atoms with van der Waals surface area (Å²) in [6, 6.07) is 14.7. The number of hydrogen-bond acceptors (Lipinski definition) is 1. The van der Waals surface area contributed by atoms with Gasteiger partial charge >= 0.3 is 12.3 Å². The highest BCUT2D eigenvalue weighted by Gasteiger charge is 2.48. The van der Waals surface area contributed by atoms with Gasteiger partial charge < -0.3 is 0 Å². The number of benzene rings is 2.